The van der Waals surface area contributed by atoms with Crippen molar-refractivity contribution in [3.63, 3.8) is 0 Å². The topological polar surface area (TPSA) is 80.3 Å². The number of nitrogens with zero attached hydrogens (tertiary/aromatic N) is 1. The number of ether oxygens (including phenoxy) is 1. The highest BCUT2D eigenvalue weighted by Crippen LogP contribution is 2.45. The lowest BCUT2D eigenvalue weighted by molar-refractivity contribution is -0.730. The maximum Gasteiger partial charge on any atom is 0.368 e. The minimum absolute atomic E-state index is 0.265. The number of rotatable bonds is 3. The summed E-state index contributed by atoms with van der Waals surface area (Å²) in [6.07, 6.45) is 0. The number of quaternary nitrogens is 1. The molecule has 2 aliphatic heterocycles. The van der Waals surface area contributed by atoms with E-state index < -0.39 is 23.3 Å². The van der Waals surface area contributed by atoms with Crippen molar-refractivity contribution in [2.24, 2.45) is 11.8 Å². The number of fused-ring (bicyclic) bond motifs is 1. The van der Waals surface area contributed by atoms with Gasteiger partial charge in [0.1, 0.15) is 17.9 Å². The van der Waals surface area contributed by atoms with Crippen LogP contribution in [0.5, 0.6) is 0 Å². The standard InChI is InChI=1S/C23H24N2O4/c1-13-5-9-15(10-6-13)19-17-18(23(3,24-19)22(28)29-4)21(27)25(20(17)26)16-11-7-14(2)8-12-16/h5-12,17-19,24H,1-4H3/p+1/t17-,18+,19-,23+/m1/s1. The third-order valence-corrected chi connectivity index (χ3v) is 6.29. The Morgan fingerprint density at radius 2 is 1.52 bits per heavy atom. The van der Waals surface area contributed by atoms with Gasteiger partial charge in [0.2, 0.25) is 17.4 Å². The van der Waals surface area contributed by atoms with Crippen LogP contribution in [0.3, 0.4) is 0 Å². The second-order valence-corrected chi connectivity index (χ2v) is 8.23. The molecule has 2 aromatic carbocycles. The van der Waals surface area contributed by atoms with Crippen LogP contribution < -0.4 is 10.2 Å². The molecule has 0 aromatic heterocycles. The summed E-state index contributed by atoms with van der Waals surface area (Å²) < 4.78 is 5.04. The van der Waals surface area contributed by atoms with Gasteiger partial charge in [0.05, 0.1) is 12.8 Å². The van der Waals surface area contributed by atoms with Gasteiger partial charge in [-0.05, 0) is 26.0 Å². The van der Waals surface area contributed by atoms with E-state index in [1.807, 2.05) is 55.6 Å². The number of benzene rings is 2. The summed E-state index contributed by atoms with van der Waals surface area (Å²) in [5.41, 5.74) is 2.44. The highest BCUT2D eigenvalue weighted by molar-refractivity contribution is 6.23. The van der Waals surface area contributed by atoms with Crippen molar-refractivity contribution < 1.29 is 24.4 Å². The highest BCUT2D eigenvalue weighted by atomic mass is 16.5. The first-order valence-electron chi connectivity index (χ1n) is 9.73. The number of anilines is 1. The Labute approximate surface area is 169 Å². The quantitative estimate of drug-likeness (QED) is 0.635. The molecule has 0 spiro atoms. The Bertz CT molecular complexity index is 983. The number of aryl methyl sites for hydroxylation is 2. The lowest BCUT2D eigenvalue weighted by Crippen LogP contribution is -2.97. The zero-order chi connectivity index (χ0) is 20.9. The van der Waals surface area contributed by atoms with Crippen LogP contribution in [0.25, 0.3) is 0 Å². The number of carbonyl (C=O) groups excluding carboxylic acids is 3. The molecule has 0 radical (unpaired) electrons. The molecule has 2 aromatic rings. The molecule has 0 unspecified atom stereocenters. The minimum Gasteiger partial charge on any atom is -0.464 e. The van der Waals surface area contributed by atoms with Gasteiger partial charge < -0.3 is 10.1 Å². The fraction of sp³-hybridized carbons (Fsp3) is 0.348. The maximum atomic E-state index is 13.5. The summed E-state index contributed by atoms with van der Waals surface area (Å²) in [6.45, 7) is 5.64. The van der Waals surface area contributed by atoms with E-state index >= 15 is 0 Å². The molecule has 2 heterocycles. The first kappa shape index (κ1) is 19.3. The minimum atomic E-state index is -1.17. The van der Waals surface area contributed by atoms with Crippen LogP contribution in [0.1, 0.15) is 29.7 Å². The Morgan fingerprint density at radius 1 is 0.966 bits per heavy atom. The van der Waals surface area contributed by atoms with Gasteiger partial charge in [0.15, 0.2) is 0 Å². The summed E-state index contributed by atoms with van der Waals surface area (Å²) in [6, 6.07) is 14.8. The van der Waals surface area contributed by atoms with Crippen molar-refractivity contribution in [3.05, 3.63) is 65.2 Å². The number of amides is 2. The fourth-order valence-corrected chi connectivity index (χ4v) is 4.72. The van der Waals surface area contributed by atoms with Gasteiger partial charge in [-0.3, -0.25) is 9.59 Å². The van der Waals surface area contributed by atoms with Crippen LogP contribution in [-0.2, 0) is 19.1 Å². The van der Waals surface area contributed by atoms with Crippen LogP contribution in [0.4, 0.5) is 5.69 Å². The van der Waals surface area contributed by atoms with Crippen LogP contribution >= 0.6 is 0 Å². The van der Waals surface area contributed by atoms with E-state index in [4.69, 9.17) is 4.74 Å². The van der Waals surface area contributed by atoms with Crippen molar-refractivity contribution in [1.29, 1.82) is 0 Å². The second kappa shape index (κ2) is 6.81. The zero-order valence-electron chi connectivity index (χ0n) is 17.0. The summed E-state index contributed by atoms with van der Waals surface area (Å²) in [5, 5.41) is 1.83. The van der Waals surface area contributed by atoms with Gasteiger partial charge in [0.25, 0.3) is 0 Å². The molecule has 0 saturated carbocycles. The van der Waals surface area contributed by atoms with Crippen LogP contribution in [0.15, 0.2) is 48.5 Å². The molecule has 4 atom stereocenters. The number of hydrogen-bond donors (Lipinski definition) is 1. The Morgan fingerprint density at radius 3 is 2.07 bits per heavy atom. The van der Waals surface area contributed by atoms with Crippen molar-refractivity contribution >= 4 is 23.5 Å². The number of nitrogens with two attached hydrogens (primary N) is 1. The summed E-state index contributed by atoms with van der Waals surface area (Å²) in [5.74, 6) is -2.51. The van der Waals surface area contributed by atoms with Gasteiger partial charge >= 0.3 is 5.97 Å². The van der Waals surface area contributed by atoms with Crippen molar-refractivity contribution in [1.82, 2.24) is 0 Å². The molecule has 150 valence electrons. The predicted molar refractivity (Wildman–Crippen MR) is 107 cm³/mol. The number of imide groups is 1. The molecular formula is C23H25N2O4+. The third-order valence-electron chi connectivity index (χ3n) is 6.29. The maximum absolute atomic E-state index is 13.5. The number of hydrogen-bond acceptors (Lipinski definition) is 4. The summed E-state index contributed by atoms with van der Waals surface area (Å²) >= 11 is 0. The van der Waals surface area contributed by atoms with Gasteiger partial charge in [0, 0.05) is 12.5 Å². The lowest BCUT2D eigenvalue weighted by atomic mass is 9.80. The molecule has 2 amide bonds. The molecule has 2 aliphatic rings. The van der Waals surface area contributed by atoms with E-state index in [9.17, 15) is 14.4 Å². The number of methoxy groups -OCH3 is 1. The van der Waals surface area contributed by atoms with E-state index in [-0.39, 0.29) is 17.9 Å². The van der Waals surface area contributed by atoms with Gasteiger partial charge in [-0.2, -0.15) is 0 Å². The Kier molecular flexibility index (Phi) is 4.54. The average molecular weight is 393 g/mol. The average Bonchev–Trinajstić information content (AvgIpc) is 3.17. The van der Waals surface area contributed by atoms with E-state index in [1.54, 1.807) is 19.1 Å². The van der Waals surface area contributed by atoms with E-state index in [2.05, 4.69) is 0 Å². The largest absolute Gasteiger partial charge is 0.464 e. The Hall–Kier alpha value is -2.99. The summed E-state index contributed by atoms with van der Waals surface area (Å²) in [4.78, 5) is 40.8. The lowest BCUT2D eigenvalue weighted by Gasteiger charge is -2.25. The molecule has 0 bridgehead atoms. The fourth-order valence-electron chi connectivity index (χ4n) is 4.72. The van der Waals surface area contributed by atoms with Gasteiger partial charge in [-0.15, -0.1) is 0 Å². The van der Waals surface area contributed by atoms with Crippen molar-refractivity contribution in [2.75, 3.05) is 12.0 Å². The SMILES string of the molecule is COC(=O)[C@@]1(C)[NH2+][C@H](c2ccc(C)cc2)[C@@H]2C(=O)N(c3ccc(C)cc3)C(=O)[C@H]21. The molecule has 0 aliphatic carbocycles. The van der Waals surface area contributed by atoms with Gasteiger partial charge in [-0.25, -0.2) is 9.69 Å². The van der Waals surface area contributed by atoms with E-state index in [0.717, 1.165) is 16.7 Å². The summed E-state index contributed by atoms with van der Waals surface area (Å²) in [7, 11) is 1.31. The first-order valence-corrected chi connectivity index (χ1v) is 9.73. The van der Waals surface area contributed by atoms with E-state index in [1.165, 1.54) is 12.0 Å². The molecule has 6 nitrogen and oxygen atoms in total. The molecule has 4 rings (SSSR count). The third kappa shape index (κ3) is 2.86. The predicted octanol–water partition coefficient (Wildman–Crippen LogP) is 1.66. The highest BCUT2D eigenvalue weighted by Gasteiger charge is 2.70. The molecule has 2 fully saturated rings. The van der Waals surface area contributed by atoms with Gasteiger partial charge in [-0.1, -0.05) is 47.5 Å². The van der Waals surface area contributed by atoms with Crippen LogP contribution in [-0.4, -0.2) is 30.4 Å². The molecule has 2 N–H and O–H groups in total. The first-order chi connectivity index (χ1) is 13.8. The van der Waals surface area contributed by atoms with Crippen LogP contribution in [0, 0.1) is 25.7 Å². The van der Waals surface area contributed by atoms with Crippen LogP contribution in [0.2, 0.25) is 0 Å². The second-order valence-electron chi connectivity index (χ2n) is 8.23. The number of esters is 1. The number of carbonyl (C=O) groups is 3. The smallest absolute Gasteiger partial charge is 0.368 e. The Balaban J connectivity index is 1.81. The normalized spacial score (nSPS) is 28.6. The molecule has 6 heteroatoms. The van der Waals surface area contributed by atoms with Crippen molar-refractivity contribution in [3.8, 4) is 0 Å². The zero-order valence-corrected chi connectivity index (χ0v) is 17.0. The molecular weight excluding hydrogens is 368 g/mol. The van der Waals surface area contributed by atoms with E-state index in [0.29, 0.717) is 5.69 Å². The molecule has 2 saturated heterocycles. The monoisotopic (exact) mass is 393 g/mol. The molecule has 29 heavy (non-hydrogen) atoms. The van der Waals surface area contributed by atoms with Crippen molar-refractivity contribution in [2.45, 2.75) is 32.4 Å².